The van der Waals surface area contributed by atoms with Gasteiger partial charge in [-0.15, -0.1) is 0 Å². The van der Waals surface area contributed by atoms with Gasteiger partial charge in [0.15, 0.2) is 0 Å². The van der Waals surface area contributed by atoms with Gasteiger partial charge in [0.2, 0.25) is 10.0 Å². The number of anilines is 1. The molecule has 0 aliphatic carbocycles. The van der Waals surface area contributed by atoms with Crippen LogP contribution in [0.15, 0.2) is 24.3 Å². The monoisotopic (exact) mass is 326 g/mol. The zero-order chi connectivity index (χ0) is 16.3. The van der Waals surface area contributed by atoms with Crippen molar-refractivity contribution in [2.75, 3.05) is 30.2 Å². The highest BCUT2D eigenvalue weighted by Gasteiger charge is 2.28. The van der Waals surface area contributed by atoms with E-state index in [1.165, 1.54) is 4.31 Å². The van der Waals surface area contributed by atoms with Gasteiger partial charge in [-0.3, -0.25) is 9.21 Å². The molecule has 2 atom stereocenters. The Labute approximate surface area is 133 Å². The zero-order valence-corrected chi connectivity index (χ0v) is 14.4. The van der Waals surface area contributed by atoms with Crippen molar-refractivity contribution >= 4 is 15.7 Å². The minimum absolute atomic E-state index is 0.225. The van der Waals surface area contributed by atoms with Gasteiger partial charge in [0.1, 0.15) is 0 Å². The molecule has 0 radical (unpaired) electrons. The second kappa shape index (κ2) is 6.98. The summed E-state index contributed by atoms with van der Waals surface area (Å²) in [5, 5.41) is 9.37. The topological polar surface area (TPSA) is 60.9 Å². The quantitative estimate of drug-likeness (QED) is 0.868. The Morgan fingerprint density at radius 3 is 2.41 bits per heavy atom. The Hall–Kier alpha value is -1.11. The fraction of sp³-hybridized carbons (Fsp3) is 0.625. The van der Waals surface area contributed by atoms with Crippen LogP contribution in [0.5, 0.6) is 0 Å². The molecule has 1 aromatic carbocycles. The van der Waals surface area contributed by atoms with Gasteiger partial charge in [0.25, 0.3) is 0 Å². The molecule has 1 aromatic rings. The summed E-state index contributed by atoms with van der Waals surface area (Å²) in [5.41, 5.74) is 1.90. The molecule has 0 bridgehead atoms. The molecule has 22 heavy (non-hydrogen) atoms. The standard InChI is InChI=1S/C16H26N2O3S/c1-13(19)9-11-17(3)14(2)15-5-7-16(8-6-15)18-10-4-12-22(18,20)21/h5-8,13-14,19H,4,9-12H2,1-3H3/t13-,14+/m0/s1. The van der Waals surface area contributed by atoms with Gasteiger partial charge in [-0.05, 0) is 51.4 Å². The van der Waals surface area contributed by atoms with Crippen molar-refractivity contribution < 1.29 is 13.5 Å². The Morgan fingerprint density at radius 1 is 1.27 bits per heavy atom. The molecule has 1 aliphatic heterocycles. The normalized spacial score (nSPS) is 20.3. The fourth-order valence-electron chi connectivity index (χ4n) is 2.69. The minimum Gasteiger partial charge on any atom is -0.393 e. The first-order valence-corrected chi connectivity index (χ1v) is 9.41. The van der Waals surface area contributed by atoms with E-state index in [9.17, 15) is 13.5 Å². The number of sulfonamides is 1. The smallest absolute Gasteiger partial charge is 0.235 e. The molecule has 0 aromatic heterocycles. The number of benzene rings is 1. The Kier molecular flexibility index (Phi) is 5.47. The number of hydrogen-bond acceptors (Lipinski definition) is 4. The molecule has 0 spiro atoms. The number of rotatable bonds is 6. The molecule has 1 fully saturated rings. The van der Waals surface area contributed by atoms with E-state index in [2.05, 4.69) is 11.8 Å². The van der Waals surface area contributed by atoms with E-state index in [1.54, 1.807) is 6.92 Å². The minimum atomic E-state index is -3.11. The summed E-state index contributed by atoms with van der Waals surface area (Å²) >= 11 is 0. The molecule has 0 unspecified atom stereocenters. The summed E-state index contributed by atoms with van der Waals surface area (Å²) in [6.07, 6.45) is 1.14. The van der Waals surface area contributed by atoms with E-state index in [0.717, 1.165) is 24.2 Å². The first-order chi connectivity index (χ1) is 10.3. The largest absolute Gasteiger partial charge is 0.393 e. The molecule has 2 rings (SSSR count). The third-order valence-electron chi connectivity index (χ3n) is 4.32. The van der Waals surface area contributed by atoms with Crippen molar-refractivity contribution in [1.82, 2.24) is 4.90 Å². The van der Waals surface area contributed by atoms with Gasteiger partial charge in [-0.25, -0.2) is 8.42 Å². The van der Waals surface area contributed by atoms with Gasteiger partial charge < -0.3 is 5.11 Å². The Morgan fingerprint density at radius 2 is 1.91 bits per heavy atom. The van der Waals surface area contributed by atoms with Gasteiger partial charge in [-0.1, -0.05) is 12.1 Å². The van der Waals surface area contributed by atoms with Crippen molar-refractivity contribution in [3.05, 3.63) is 29.8 Å². The number of aliphatic hydroxyl groups is 1. The van der Waals surface area contributed by atoms with Gasteiger partial charge in [0.05, 0.1) is 17.5 Å². The van der Waals surface area contributed by atoms with Crippen LogP contribution in [0.1, 0.15) is 38.3 Å². The van der Waals surface area contributed by atoms with Crippen LogP contribution < -0.4 is 4.31 Å². The van der Waals surface area contributed by atoms with Crippen molar-refractivity contribution in [2.24, 2.45) is 0 Å². The van der Waals surface area contributed by atoms with E-state index in [-0.39, 0.29) is 17.9 Å². The van der Waals surface area contributed by atoms with E-state index in [1.807, 2.05) is 31.3 Å². The summed E-state index contributed by atoms with van der Waals surface area (Å²) in [7, 11) is -1.08. The maximum absolute atomic E-state index is 11.9. The maximum atomic E-state index is 11.9. The molecule has 1 aliphatic rings. The molecule has 124 valence electrons. The van der Waals surface area contributed by atoms with Gasteiger partial charge in [-0.2, -0.15) is 0 Å². The Balaban J connectivity index is 2.05. The van der Waals surface area contributed by atoms with Crippen molar-refractivity contribution in [3.8, 4) is 0 Å². The molecule has 5 nitrogen and oxygen atoms in total. The number of aliphatic hydroxyl groups excluding tert-OH is 1. The highest BCUT2D eigenvalue weighted by atomic mass is 32.2. The predicted molar refractivity (Wildman–Crippen MR) is 89.5 cm³/mol. The molecular weight excluding hydrogens is 300 g/mol. The van der Waals surface area contributed by atoms with Crippen LogP contribution in [0.25, 0.3) is 0 Å². The molecular formula is C16H26N2O3S. The summed E-state index contributed by atoms with van der Waals surface area (Å²) < 4.78 is 25.4. The summed E-state index contributed by atoms with van der Waals surface area (Å²) in [5.74, 6) is 0.243. The Bertz CT molecular complexity index is 584. The zero-order valence-electron chi connectivity index (χ0n) is 13.6. The molecule has 1 saturated heterocycles. The van der Waals surface area contributed by atoms with Gasteiger partial charge >= 0.3 is 0 Å². The first-order valence-electron chi connectivity index (χ1n) is 7.80. The third kappa shape index (κ3) is 4.00. The lowest BCUT2D eigenvalue weighted by atomic mass is 10.1. The molecule has 1 heterocycles. The summed E-state index contributed by atoms with van der Waals surface area (Å²) in [6, 6.07) is 7.98. The SMILES string of the molecule is C[C@H](O)CCN(C)[C@H](C)c1ccc(N2CCCS2(=O)=O)cc1. The number of hydrogen-bond donors (Lipinski definition) is 1. The molecule has 1 N–H and O–H groups in total. The van der Waals surface area contributed by atoms with Crippen LogP contribution in [0.2, 0.25) is 0 Å². The average Bonchev–Trinajstić information content (AvgIpc) is 2.83. The van der Waals surface area contributed by atoms with Crippen LogP contribution in [0.3, 0.4) is 0 Å². The van der Waals surface area contributed by atoms with E-state index < -0.39 is 10.0 Å². The fourth-order valence-corrected chi connectivity index (χ4v) is 4.25. The second-order valence-electron chi connectivity index (χ2n) is 6.13. The van der Waals surface area contributed by atoms with E-state index in [0.29, 0.717) is 13.0 Å². The van der Waals surface area contributed by atoms with E-state index >= 15 is 0 Å². The first kappa shape index (κ1) is 17.2. The lowest BCUT2D eigenvalue weighted by molar-refractivity contribution is 0.153. The summed E-state index contributed by atoms with van der Waals surface area (Å²) in [4.78, 5) is 2.19. The second-order valence-corrected chi connectivity index (χ2v) is 8.14. The van der Waals surface area contributed by atoms with Crippen LogP contribution in [-0.4, -0.2) is 50.4 Å². The van der Waals surface area contributed by atoms with Crippen LogP contribution in [0.4, 0.5) is 5.69 Å². The molecule has 0 saturated carbocycles. The lowest BCUT2D eigenvalue weighted by Crippen LogP contribution is -2.26. The van der Waals surface area contributed by atoms with Crippen LogP contribution >= 0.6 is 0 Å². The van der Waals surface area contributed by atoms with Crippen molar-refractivity contribution in [3.63, 3.8) is 0 Å². The van der Waals surface area contributed by atoms with E-state index in [4.69, 9.17) is 0 Å². The number of nitrogens with zero attached hydrogens (tertiary/aromatic N) is 2. The molecule has 6 heteroatoms. The average molecular weight is 326 g/mol. The highest BCUT2D eigenvalue weighted by molar-refractivity contribution is 7.93. The third-order valence-corrected chi connectivity index (χ3v) is 6.19. The van der Waals surface area contributed by atoms with Crippen molar-refractivity contribution in [1.29, 1.82) is 0 Å². The van der Waals surface area contributed by atoms with Crippen LogP contribution in [-0.2, 0) is 10.0 Å². The lowest BCUT2D eigenvalue weighted by Gasteiger charge is -2.26. The highest BCUT2D eigenvalue weighted by Crippen LogP contribution is 2.27. The van der Waals surface area contributed by atoms with Crippen LogP contribution in [0, 0.1) is 0 Å². The summed E-state index contributed by atoms with van der Waals surface area (Å²) in [6.45, 7) is 5.31. The maximum Gasteiger partial charge on any atom is 0.235 e. The van der Waals surface area contributed by atoms with Gasteiger partial charge in [0, 0.05) is 19.1 Å². The predicted octanol–water partition coefficient (Wildman–Crippen LogP) is 1.99. The van der Waals surface area contributed by atoms with Crippen molar-refractivity contribution in [2.45, 2.75) is 38.8 Å². The molecule has 0 amide bonds.